The predicted octanol–water partition coefficient (Wildman–Crippen LogP) is 3.93. The Balaban J connectivity index is 1.95. The van der Waals surface area contributed by atoms with Crippen molar-refractivity contribution in [1.29, 1.82) is 0 Å². The minimum atomic E-state index is 0.174. The van der Waals surface area contributed by atoms with Gasteiger partial charge in [-0.25, -0.2) is 0 Å². The first-order chi connectivity index (χ1) is 8.88. The largest absolute Gasteiger partial charge is 0.378 e. The molecule has 0 saturated heterocycles. The van der Waals surface area contributed by atoms with Gasteiger partial charge >= 0.3 is 0 Å². The van der Waals surface area contributed by atoms with Crippen molar-refractivity contribution in [3.8, 4) is 0 Å². The highest BCUT2D eigenvalue weighted by molar-refractivity contribution is 5.56. The lowest BCUT2D eigenvalue weighted by molar-refractivity contribution is 0.0879. The molecular formula is C16H17NO. The Morgan fingerprint density at radius 3 is 2.50 bits per heavy atom. The number of hydrogen-bond acceptors (Lipinski definition) is 2. The van der Waals surface area contributed by atoms with Crippen molar-refractivity contribution in [3.05, 3.63) is 65.7 Å². The maximum absolute atomic E-state index is 5.63. The summed E-state index contributed by atoms with van der Waals surface area (Å²) >= 11 is 0. The molecule has 0 aliphatic carbocycles. The molecule has 0 fully saturated rings. The standard InChI is InChI=1S/C16H17NO/c1-18-16-11-15(12-7-3-2-4-8-12)17-14-10-6-5-9-13(14)16/h2-10,15-17H,11H2,1H3. The van der Waals surface area contributed by atoms with E-state index in [0.717, 1.165) is 6.42 Å². The number of benzene rings is 2. The Hall–Kier alpha value is -1.80. The van der Waals surface area contributed by atoms with Gasteiger partial charge in [0.2, 0.25) is 0 Å². The molecule has 1 aliphatic rings. The average molecular weight is 239 g/mol. The number of ether oxygens (including phenoxy) is 1. The third-order valence-electron chi connectivity index (χ3n) is 3.57. The maximum Gasteiger partial charge on any atom is 0.0863 e. The summed E-state index contributed by atoms with van der Waals surface area (Å²) in [6, 6.07) is 19.3. The Morgan fingerprint density at radius 2 is 1.72 bits per heavy atom. The maximum atomic E-state index is 5.63. The second-order valence-corrected chi connectivity index (χ2v) is 4.65. The van der Waals surface area contributed by atoms with Crippen LogP contribution >= 0.6 is 0 Å². The van der Waals surface area contributed by atoms with Gasteiger partial charge in [0.1, 0.15) is 0 Å². The van der Waals surface area contributed by atoms with Gasteiger partial charge in [0.25, 0.3) is 0 Å². The number of para-hydroxylation sites is 1. The van der Waals surface area contributed by atoms with Gasteiger partial charge in [-0.15, -0.1) is 0 Å². The second-order valence-electron chi connectivity index (χ2n) is 4.65. The van der Waals surface area contributed by atoms with Gasteiger partial charge in [-0.05, 0) is 11.6 Å². The summed E-state index contributed by atoms with van der Waals surface area (Å²) in [7, 11) is 1.79. The van der Waals surface area contributed by atoms with Crippen LogP contribution in [0.4, 0.5) is 5.69 Å². The lowest BCUT2D eigenvalue weighted by atomic mass is 9.91. The van der Waals surface area contributed by atoms with E-state index < -0.39 is 0 Å². The highest BCUT2D eigenvalue weighted by Crippen LogP contribution is 2.40. The Bertz CT molecular complexity index is 524. The van der Waals surface area contributed by atoms with Crippen LogP contribution in [0, 0.1) is 0 Å². The molecule has 1 aliphatic heterocycles. The number of hydrogen-bond donors (Lipinski definition) is 1. The molecule has 92 valence electrons. The van der Waals surface area contributed by atoms with Gasteiger partial charge in [-0.3, -0.25) is 0 Å². The van der Waals surface area contributed by atoms with Crippen molar-refractivity contribution in [3.63, 3.8) is 0 Å². The van der Waals surface area contributed by atoms with E-state index in [1.807, 2.05) is 6.07 Å². The molecule has 0 aromatic heterocycles. The van der Waals surface area contributed by atoms with E-state index >= 15 is 0 Å². The van der Waals surface area contributed by atoms with Crippen LogP contribution < -0.4 is 5.32 Å². The topological polar surface area (TPSA) is 21.3 Å². The fourth-order valence-electron chi connectivity index (χ4n) is 2.62. The van der Waals surface area contributed by atoms with E-state index in [1.165, 1.54) is 16.8 Å². The van der Waals surface area contributed by atoms with E-state index in [9.17, 15) is 0 Å². The number of rotatable bonds is 2. The van der Waals surface area contributed by atoms with Crippen LogP contribution in [-0.2, 0) is 4.74 Å². The zero-order chi connectivity index (χ0) is 12.4. The third-order valence-corrected chi connectivity index (χ3v) is 3.57. The SMILES string of the molecule is COC1CC(c2ccccc2)Nc2ccccc21. The molecule has 0 bridgehead atoms. The summed E-state index contributed by atoms with van der Waals surface area (Å²) in [5, 5.41) is 3.60. The lowest BCUT2D eigenvalue weighted by Gasteiger charge is -2.32. The number of methoxy groups -OCH3 is 1. The van der Waals surface area contributed by atoms with Gasteiger partial charge in [0.15, 0.2) is 0 Å². The summed E-state index contributed by atoms with van der Waals surface area (Å²) in [5.74, 6) is 0. The smallest absolute Gasteiger partial charge is 0.0863 e. The van der Waals surface area contributed by atoms with E-state index in [2.05, 4.69) is 53.8 Å². The van der Waals surface area contributed by atoms with Crippen molar-refractivity contribution in [2.75, 3.05) is 12.4 Å². The summed E-state index contributed by atoms with van der Waals surface area (Å²) in [6.07, 6.45) is 1.14. The van der Waals surface area contributed by atoms with E-state index in [4.69, 9.17) is 4.74 Å². The molecule has 2 aromatic carbocycles. The molecule has 1 heterocycles. The lowest BCUT2D eigenvalue weighted by Crippen LogP contribution is -2.22. The molecule has 2 heteroatoms. The van der Waals surface area contributed by atoms with Crippen molar-refractivity contribution >= 4 is 5.69 Å². The highest BCUT2D eigenvalue weighted by Gasteiger charge is 2.26. The van der Waals surface area contributed by atoms with Crippen LogP contribution in [0.1, 0.15) is 29.7 Å². The molecule has 2 nitrogen and oxygen atoms in total. The van der Waals surface area contributed by atoms with Crippen molar-refractivity contribution in [1.82, 2.24) is 0 Å². The second kappa shape index (κ2) is 4.83. The van der Waals surface area contributed by atoms with E-state index in [0.29, 0.717) is 6.04 Å². The van der Waals surface area contributed by atoms with Crippen LogP contribution in [0.2, 0.25) is 0 Å². The Morgan fingerprint density at radius 1 is 1.00 bits per heavy atom. The predicted molar refractivity (Wildman–Crippen MR) is 73.6 cm³/mol. The fraction of sp³-hybridized carbons (Fsp3) is 0.250. The zero-order valence-corrected chi connectivity index (χ0v) is 10.5. The van der Waals surface area contributed by atoms with Crippen molar-refractivity contribution in [2.45, 2.75) is 18.6 Å². The third kappa shape index (κ3) is 2.00. The minimum Gasteiger partial charge on any atom is -0.378 e. The minimum absolute atomic E-state index is 0.174. The first-order valence-electron chi connectivity index (χ1n) is 6.31. The molecule has 2 aromatic rings. The molecule has 0 radical (unpaired) electrons. The summed E-state index contributed by atoms with van der Waals surface area (Å²) in [5.41, 5.74) is 3.76. The highest BCUT2D eigenvalue weighted by atomic mass is 16.5. The Labute approximate surface area is 108 Å². The van der Waals surface area contributed by atoms with Crippen molar-refractivity contribution in [2.24, 2.45) is 0 Å². The Kier molecular flexibility index (Phi) is 3.03. The van der Waals surface area contributed by atoms with Gasteiger partial charge in [0, 0.05) is 24.8 Å². The van der Waals surface area contributed by atoms with Crippen LogP contribution in [0.15, 0.2) is 54.6 Å². The van der Waals surface area contributed by atoms with Crippen molar-refractivity contribution < 1.29 is 4.74 Å². The molecule has 0 saturated carbocycles. The monoisotopic (exact) mass is 239 g/mol. The first-order valence-corrected chi connectivity index (χ1v) is 6.31. The molecule has 0 amide bonds. The molecule has 1 N–H and O–H groups in total. The van der Waals surface area contributed by atoms with Crippen LogP contribution in [0.5, 0.6) is 0 Å². The van der Waals surface area contributed by atoms with Crippen LogP contribution in [0.25, 0.3) is 0 Å². The summed E-state index contributed by atoms with van der Waals surface area (Å²) in [4.78, 5) is 0. The summed E-state index contributed by atoms with van der Waals surface area (Å²) < 4.78 is 5.63. The quantitative estimate of drug-likeness (QED) is 0.857. The normalized spacial score (nSPS) is 22.1. The van der Waals surface area contributed by atoms with Crippen LogP contribution in [-0.4, -0.2) is 7.11 Å². The van der Waals surface area contributed by atoms with E-state index in [1.54, 1.807) is 7.11 Å². The average Bonchev–Trinajstić information content (AvgIpc) is 2.47. The molecular weight excluding hydrogens is 222 g/mol. The van der Waals surface area contributed by atoms with Gasteiger partial charge in [-0.2, -0.15) is 0 Å². The number of fused-ring (bicyclic) bond motifs is 1. The van der Waals surface area contributed by atoms with Gasteiger partial charge < -0.3 is 10.1 Å². The molecule has 0 spiro atoms. The van der Waals surface area contributed by atoms with Gasteiger partial charge in [0.05, 0.1) is 12.1 Å². The number of anilines is 1. The zero-order valence-electron chi connectivity index (χ0n) is 10.5. The van der Waals surface area contributed by atoms with Crippen LogP contribution in [0.3, 0.4) is 0 Å². The first kappa shape index (κ1) is 11.3. The fourth-order valence-corrected chi connectivity index (χ4v) is 2.62. The molecule has 18 heavy (non-hydrogen) atoms. The summed E-state index contributed by atoms with van der Waals surface area (Å²) in [6.45, 7) is 0. The number of nitrogens with one attached hydrogen (secondary N) is 1. The molecule has 3 rings (SSSR count). The molecule has 2 unspecified atom stereocenters. The van der Waals surface area contributed by atoms with Gasteiger partial charge in [-0.1, -0.05) is 48.5 Å². The molecule has 2 atom stereocenters. The van der Waals surface area contributed by atoms with E-state index in [-0.39, 0.29) is 6.10 Å².